The van der Waals surface area contributed by atoms with Gasteiger partial charge in [0.05, 0.1) is 6.04 Å². The van der Waals surface area contributed by atoms with Gasteiger partial charge >= 0.3 is 0 Å². The molecule has 4 nitrogen and oxygen atoms in total. The topological polar surface area (TPSA) is 49.4 Å². The van der Waals surface area contributed by atoms with Crippen LogP contribution in [0.2, 0.25) is 5.02 Å². The lowest BCUT2D eigenvalue weighted by atomic mass is 10.0. The highest BCUT2D eigenvalue weighted by Gasteiger charge is 2.38. The fraction of sp³-hybridized carbons (Fsp3) is 0.300. The van der Waals surface area contributed by atoms with Crippen LogP contribution in [0.15, 0.2) is 48.5 Å². The van der Waals surface area contributed by atoms with E-state index in [9.17, 15) is 9.59 Å². The first-order valence-corrected chi connectivity index (χ1v) is 8.78. The third-order valence-electron chi connectivity index (χ3n) is 4.65. The number of nitrogens with zero attached hydrogens (tertiary/aromatic N) is 1. The Hall–Kier alpha value is -2.33. The highest BCUT2D eigenvalue weighted by atomic mass is 35.5. The molecule has 0 bridgehead atoms. The summed E-state index contributed by atoms with van der Waals surface area (Å²) in [6.45, 7) is 4.36. The third-order valence-corrected chi connectivity index (χ3v) is 5.05. The molecule has 0 aliphatic carbocycles. The Kier molecular flexibility index (Phi) is 5.09. The summed E-state index contributed by atoms with van der Waals surface area (Å²) < 4.78 is 0. The SMILES string of the molecule is Cc1ccc(N2CC[C@H](C(=O)N[C@@H](C)c3ccccc3)C2=O)cc1Cl. The number of aryl methyl sites for hydroxylation is 1. The van der Waals surface area contributed by atoms with Gasteiger partial charge in [0.2, 0.25) is 11.8 Å². The van der Waals surface area contributed by atoms with Crippen molar-refractivity contribution in [3.63, 3.8) is 0 Å². The standard InChI is InChI=1S/C20H21ClN2O2/c1-13-8-9-16(12-18(13)21)23-11-10-17(20(23)25)19(24)22-14(2)15-6-4-3-5-7-15/h3-9,12,14,17H,10-11H2,1-2H3,(H,22,24)/t14-,17+/m0/s1. The Bertz CT molecular complexity index is 792. The number of nitrogens with one attached hydrogen (secondary N) is 1. The first-order chi connectivity index (χ1) is 12.0. The summed E-state index contributed by atoms with van der Waals surface area (Å²) in [5.74, 6) is -1.04. The minimum absolute atomic E-state index is 0.135. The maximum atomic E-state index is 12.7. The summed E-state index contributed by atoms with van der Waals surface area (Å²) in [6.07, 6.45) is 0.512. The fourth-order valence-corrected chi connectivity index (χ4v) is 3.24. The van der Waals surface area contributed by atoms with E-state index in [1.165, 1.54) is 0 Å². The molecule has 0 unspecified atom stereocenters. The van der Waals surface area contributed by atoms with Crippen LogP contribution in [-0.4, -0.2) is 18.4 Å². The molecule has 2 atom stereocenters. The van der Waals surface area contributed by atoms with E-state index < -0.39 is 5.92 Å². The van der Waals surface area contributed by atoms with E-state index in [4.69, 9.17) is 11.6 Å². The molecule has 1 aliphatic rings. The van der Waals surface area contributed by atoms with Gasteiger partial charge in [-0.15, -0.1) is 0 Å². The van der Waals surface area contributed by atoms with Crippen molar-refractivity contribution < 1.29 is 9.59 Å². The Labute approximate surface area is 152 Å². The summed E-state index contributed by atoms with van der Waals surface area (Å²) >= 11 is 6.16. The van der Waals surface area contributed by atoms with Crippen LogP contribution in [0.4, 0.5) is 5.69 Å². The van der Waals surface area contributed by atoms with Crippen LogP contribution in [0.1, 0.15) is 30.5 Å². The van der Waals surface area contributed by atoms with Gasteiger partial charge in [-0.3, -0.25) is 9.59 Å². The minimum atomic E-state index is -0.647. The van der Waals surface area contributed by atoms with Crippen molar-refractivity contribution in [1.82, 2.24) is 5.32 Å². The second kappa shape index (κ2) is 7.28. The molecule has 0 aromatic heterocycles. The van der Waals surface area contributed by atoms with Gasteiger partial charge in [-0.2, -0.15) is 0 Å². The first kappa shape index (κ1) is 17.5. The number of benzene rings is 2. The highest BCUT2D eigenvalue weighted by Crippen LogP contribution is 2.29. The number of rotatable bonds is 4. The smallest absolute Gasteiger partial charge is 0.239 e. The molecule has 0 spiro atoms. The molecule has 25 heavy (non-hydrogen) atoms. The maximum absolute atomic E-state index is 12.7. The van der Waals surface area contributed by atoms with Crippen molar-refractivity contribution in [2.75, 3.05) is 11.4 Å². The van der Waals surface area contributed by atoms with Crippen molar-refractivity contribution in [3.05, 3.63) is 64.7 Å². The zero-order chi connectivity index (χ0) is 18.0. The van der Waals surface area contributed by atoms with Crippen LogP contribution < -0.4 is 10.2 Å². The second-order valence-corrected chi connectivity index (χ2v) is 6.81. The molecule has 2 aromatic rings. The van der Waals surface area contributed by atoms with E-state index in [1.807, 2.05) is 56.3 Å². The average molecular weight is 357 g/mol. The third kappa shape index (κ3) is 3.69. The van der Waals surface area contributed by atoms with Gasteiger partial charge < -0.3 is 10.2 Å². The van der Waals surface area contributed by atoms with Crippen LogP contribution in [0.5, 0.6) is 0 Å². The number of halogens is 1. The summed E-state index contributed by atoms with van der Waals surface area (Å²) in [5.41, 5.74) is 2.72. The molecule has 5 heteroatoms. The molecule has 1 aliphatic heterocycles. The fourth-order valence-electron chi connectivity index (χ4n) is 3.07. The van der Waals surface area contributed by atoms with Gasteiger partial charge in [-0.1, -0.05) is 48.0 Å². The number of amides is 2. The second-order valence-electron chi connectivity index (χ2n) is 6.41. The normalized spacial score (nSPS) is 18.3. The highest BCUT2D eigenvalue weighted by molar-refractivity contribution is 6.31. The molecule has 0 saturated carbocycles. The largest absolute Gasteiger partial charge is 0.349 e. The molecule has 0 radical (unpaired) electrons. The van der Waals surface area contributed by atoms with Gasteiger partial charge in [0.25, 0.3) is 0 Å². The van der Waals surface area contributed by atoms with Crippen molar-refractivity contribution >= 4 is 29.1 Å². The summed E-state index contributed by atoms with van der Waals surface area (Å²) in [5, 5.41) is 3.57. The van der Waals surface area contributed by atoms with Crippen molar-refractivity contribution in [1.29, 1.82) is 0 Å². The van der Waals surface area contributed by atoms with Crippen LogP contribution in [0.3, 0.4) is 0 Å². The van der Waals surface area contributed by atoms with Crippen molar-refractivity contribution in [2.45, 2.75) is 26.3 Å². The van der Waals surface area contributed by atoms with Crippen LogP contribution in [0, 0.1) is 12.8 Å². The van der Waals surface area contributed by atoms with E-state index >= 15 is 0 Å². The van der Waals surface area contributed by atoms with Crippen molar-refractivity contribution in [2.24, 2.45) is 5.92 Å². The lowest BCUT2D eigenvalue weighted by Gasteiger charge is -2.19. The molecule has 1 saturated heterocycles. The molecular weight excluding hydrogens is 336 g/mol. The van der Waals surface area contributed by atoms with E-state index in [-0.39, 0.29) is 17.9 Å². The molecule has 130 valence electrons. The predicted octanol–water partition coefficient (Wildman–Crippen LogP) is 3.88. The van der Waals surface area contributed by atoms with Gasteiger partial charge in [-0.25, -0.2) is 0 Å². The molecule has 1 heterocycles. The molecular formula is C20H21ClN2O2. The van der Waals surface area contributed by atoms with Crippen LogP contribution in [0.25, 0.3) is 0 Å². The van der Waals surface area contributed by atoms with Gasteiger partial charge in [-0.05, 0) is 43.5 Å². The zero-order valence-corrected chi connectivity index (χ0v) is 15.1. The summed E-state index contributed by atoms with van der Waals surface area (Å²) in [6, 6.07) is 15.1. The summed E-state index contributed by atoms with van der Waals surface area (Å²) in [4.78, 5) is 26.9. The number of carbonyl (C=O) groups is 2. The minimum Gasteiger partial charge on any atom is -0.349 e. The lowest BCUT2D eigenvalue weighted by Crippen LogP contribution is -2.38. The quantitative estimate of drug-likeness (QED) is 0.845. The Balaban J connectivity index is 1.69. The number of hydrogen-bond acceptors (Lipinski definition) is 2. The Morgan fingerprint density at radius 3 is 2.64 bits per heavy atom. The lowest BCUT2D eigenvalue weighted by molar-refractivity contribution is -0.132. The van der Waals surface area contributed by atoms with Gasteiger partial charge in [0.15, 0.2) is 0 Å². The average Bonchev–Trinajstić information content (AvgIpc) is 2.99. The molecule has 1 N–H and O–H groups in total. The van der Waals surface area contributed by atoms with Gasteiger partial charge in [0, 0.05) is 17.3 Å². The predicted molar refractivity (Wildman–Crippen MR) is 99.6 cm³/mol. The Morgan fingerprint density at radius 1 is 1.24 bits per heavy atom. The van der Waals surface area contributed by atoms with Gasteiger partial charge in [0.1, 0.15) is 5.92 Å². The number of hydrogen-bond donors (Lipinski definition) is 1. The summed E-state index contributed by atoms with van der Waals surface area (Å²) in [7, 11) is 0. The van der Waals surface area contributed by atoms with E-state index in [2.05, 4.69) is 5.32 Å². The number of carbonyl (C=O) groups excluding carboxylic acids is 2. The monoisotopic (exact) mass is 356 g/mol. The van der Waals surface area contributed by atoms with E-state index in [0.29, 0.717) is 18.0 Å². The molecule has 3 rings (SSSR count). The van der Waals surface area contributed by atoms with Crippen LogP contribution in [-0.2, 0) is 9.59 Å². The first-order valence-electron chi connectivity index (χ1n) is 8.40. The van der Waals surface area contributed by atoms with E-state index in [0.717, 1.165) is 16.8 Å². The number of anilines is 1. The van der Waals surface area contributed by atoms with E-state index in [1.54, 1.807) is 11.0 Å². The van der Waals surface area contributed by atoms with Crippen molar-refractivity contribution in [3.8, 4) is 0 Å². The molecule has 2 aromatic carbocycles. The Morgan fingerprint density at radius 2 is 1.96 bits per heavy atom. The molecule has 1 fully saturated rings. The maximum Gasteiger partial charge on any atom is 0.239 e. The zero-order valence-electron chi connectivity index (χ0n) is 14.3. The molecule has 2 amide bonds. The van der Waals surface area contributed by atoms with Crippen LogP contribution >= 0.6 is 11.6 Å².